The smallest absolute Gasteiger partial charge is 0.208 e. The van der Waals surface area contributed by atoms with E-state index in [4.69, 9.17) is 0 Å². The molecule has 1 heterocycles. The summed E-state index contributed by atoms with van der Waals surface area (Å²) < 4.78 is 39.5. The van der Waals surface area contributed by atoms with Gasteiger partial charge in [-0.15, -0.1) is 0 Å². The molecule has 0 aliphatic carbocycles. The first-order valence-electron chi connectivity index (χ1n) is 8.31. The van der Waals surface area contributed by atoms with Crippen LogP contribution in [-0.2, 0) is 22.7 Å². The lowest BCUT2D eigenvalue weighted by Crippen LogP contribution is -2.20. The van der Waals surface area contributed by atoms with Gasteiger partial charge in [-0.25, -0.2) is 12.8 Å². The summed E-state index contributed by atoms with van der Waals surface area (Å²) in [6, 6.07) is 8.81. The summed E-state index contributed by atoms with van der Waals surface area (Å²) in [5, 5.41) is 0. The molecule has 0 saturated carbocycles. The highest BCUT2D eigenvalue weighted by atomic mass is 32.2. The van der Waals surface area contributed by atoms with Gasteiger partial charge in [0.05, 0.1) is 15.5 Å². The summed E-state index contributed by atoms with van der Waals surface area (Å²) in [4.78, 5) is 4.48. The van der Waals surface area contributed by atoms with Crippen LogP contribution in [0.1, 0.15) is 11.1 Å². The van der Waals surface area contributed by atoms with Crippen LogP contribution >= 0.6 is 0 Å². The molecule has 2 aromatic carbocycles. The van der Waals surface area contributed by atoms with Crippen molar-refractivity contribution < 1.29 is 12.8 Å². The maximum atomic E-state index is 13.2. The number of nitrogens with zero attached hydrogens (tertiary/aromatic N) is 2. The average molecular weight is 362 g/mol. The summed E-state index contributed by atoms with van der Waals surface area (Å²) in [5.41, 5.74) is 2.95. The summed E-state index contributed by atoms with van der Waals surface area (Å²) in [6.45, 7) is 1.87. The maximum absolute atomic E-state index is 13.2. The zero-order valence-electron chi connectivity index (χ0n) is 14.8. The van der Waals surface area contributed by atoms with E-state index in [1.807, 2.05) is 31.1 Å². The predicted octanol–water partition coefficient (Wildman–Crippen LogP) is 2.75. The van der Waals surface area contributed by atoms with Gasteiger partial charge in [0.25, 0.3) is 0 Å². The molecule has 3 rings (SSSR count). The Balaban J connectivity index is 2.16. The second-order valence-electron chi connectivity index (χ2n) is 6.74. The van der Waals surface area contributed by atoms with E-state index in [1.54, 1.807) is 0 Å². The van der Waals surface area contributed by atoms with Crippen LogP contribution < -0.4 is 4.90 Å². The Morgan fingerprint density at radius 1 is 1.00 bits per heavy atom. The summed E-state index contributed by atoms with van der Waals surface area (Å²) >= 11 is 0. The Bertz CT molecular complexity index is 877. The van der Waals surface area contributed by atoms with Crippen LogP contribution in [0.5, 0.6) is 0 Å². The van der Waals surface area contributed by atoms with Crippen LogP contribution in [0.25, 0.3) is 0 Å². The highest BCUT2D eigenvalue weighted by molar-refractivity contribution is 7.91. The Morgan fingerprint density at radius 3 is 2.12 bits per heavy atom. The summed E-state index contributed by atoms with van der Waals surface area (Å²) in [5.74, 6) is -0.447. The number of fused-ring (bicyclic) bond motifs is 1. The molecule has 0 fully saturated rings. The van der Waals surface area contributed by atoms with Crippen LogP contribution in [-0.4, -0.2) is 47.6 Å². The van der Waals surface area contributed by atoms with Crippen molar-refractivity contribution in [1.29, 1.82) is 0 Å². The molecule has 0 saturated heterocycles. The van der Waals surface area contributed by atoms with Crippen LogP contribution in [0.15, 0.2) is 46.2 Å². The van der Waals surface area contributed by atoms with E-state index >= 15 is 0 Å². The number of hydrogen-bond donors (Lipinski definition) is 0. The molecule has 134 valence electrons. The molecular weight excluding hydrogens is 339 g/mol. The quantitative estimate of drug-likeness (QED) is 0.788. The Labute approximate surface area is 148 Å². The standard InChI is InChI=1S/C19H23FN2O2S/c1-21(2)18-12-14-8-10-22(3)11-9-15(14)13-19(18)25(23,24)17-6-4-16(20)5-7-17/h4-7,12-13H,8-11H2,1-3H3. The summed E-state index contributed by atoms with van der Waals surface area (Å²) in [6.07, 6.45) is 1.73. The third kappa shape index (κ3) is 3.55. The second kappa shape index (κ2) is 6.77. The third-order valence-electron chi connectivity index (χ3n) is 4.70. The topological polar surface area (TPSA) is 40.6 Å². The van der Waals surface area contributed by atoms with Crippen LogP contribution in [0.3, 0.4) is 0 Å². The molecule has 0 atom stereocenters. The normalized spacial score (nSPS) is 15.5. The molecular formula is C19H23FN2O2S. The van der Waals surface area contributed by atoms with E-state index in [0.29, 0.717) is 5.69 Å². The Morgan fingerprint density at radius 2 is 1.56 bits per heavy atom. The van der Waals surface area contributed by atoms with Gasteiger partial charge in [-0.1, -0.05) is 0 Å². The van der Waals surface area contributed by atoms with E-state index in [-0.39, 0.29) is 9.79 Å². The molecule has 0 unspecified atom stereocenters. The van der Waals surface area contributed by atoms with Crippen molar-refractivity contribution >= 4 is 15.5 Å². The van der Waals surface area contributed by atoms with Crippen molar-refractivity contribution in [3.05, 3.63) is 53.3 Å². The molecule has 0 aromatic heterocycles. The fourth-order valence-corrected chi connectivity index (χ4v) is 4.72. The highest BCUT2D eigenvalue weighted by Crippen LogP contribution is 2.33. The van der Waals surface area contributed by atoms with Gasteiger partial charge in [-0.3, -0.25) is 0 Å². The second-order valence-corrected chi connectivity index (χ2v) is 8.66. The zero-order chi connectivity index (χ0) is 18.2. The van der Waals surface area contributed by atoms with Crippen LogP contribution in [0.4, 0.5) is 10.1 Å². The molecule has 0 bridgehead atoms. The van der Waals surface area contributed by atoms with E-state index in [2.05, 4.69) is 11.9 Å². The zero-order valence-corrected chi connectivity index (χ0v) is 15.6. The molecule has 0 N–H and O–H groups in total. The number of hydrogen-bond acceptors (Lipinski definition) is 4. The number of anilines is 1. The van der Waals surface area contributed by atoms with E-state index in [0.717, 1.165) is 31.5 Å². The summed E-state index contributed by atoms with van der Waals surface area (Å²) in [7, 11) is 2.05. The average Bonchev–Trinajstić information content (AvgIpc) is 2.75. The van der Waals surface area contributed by atoms with Crippen molar-refractivity contribution in [2.24, 2.45) is 0 Å². The number of rotatable bonds is 3. The van der Waals surface area contributed by atoms with Gasteiger partial charge in [0, 0.05) is 27.2 Å². The molecule has 1 aliphatic rings. The molecule has 2 aromatic rings. The van der Waals surface area contributed by atoms with Gasteiger partial charge in [-0.05, 0) is 67.4 Å². The van der Waals surface area contributed by atoms with E-state index < -0.39 is 15.7 Å². The first-order chi connectivity index (χ1) is 11.8. The van der Waals surface area contributed by atoms with Crippen molar-refractivity contribution in [3.8, 4) is 0 Å². The van der Waals surface area contributed by atoms with Gasteiger partial charge in [-0.2, -0.15) is 0 Å². The molecule has 0 amide bonds. The highest BCUT2D eigenvalue weighted by Gasteiger charge is 2.25. The SMILES string of the molecule is CN1CCc2cc(N(C)C)c(S(=O)(=O)c3ccc(F)cc3)cc2CC1. The van der Waals surface area contributed by atoms with Gasteiger partial charge < -0.3 is 9.80 Å². The first-order valence-corrected chi connectivity index (χ1v) is 9.79. The van der Waals surface area contributed by atoms with Crippen molar-refractivity contribution in [1.82, 2.24) is 4.90 Å². The van der Waals surface area contributed by atoms with Crippen molar-refractivity contribution in [3.63, 3.8) is 0 Å². The maximum Gasteiger partial charge on any atom is 0.208 e. The van der Waals surface area contributed by atoms with Crippen LogP contribution in [0, 0.1) is 5.82 Å². The third-order valence-corrected chi connectivity index (χ3v) is 6.50. The van der Waals surface area contributed by atoms with Crippen molar-refractivity contribution in [2.75, 3.05) is 39.1 Å². The Hall–Kier alpha value is -1.92. The Kier molecular flexibility index (Phi) is 4.84. The lowest BCUT2D eigenvalue weighted by Gasteiger charge is -2.21. The number of benzene rings is 2. The largest absolute Gasteiger partial charge is 0.377 e. The van der Waals surface area contributed by atoms with Crippen molar-refractivity contribution in [2.45, 2.75) is 22.6 Å². The molecule has 4 nitrogen and oxygen atoms in total. The lowest BCUT2D eigenvalue weighted by molar-refractivity contribution is 0.352. The van der Waals surface area contributed by atoms with Crippen LogP contribution in [0.2, 0.25) is 0 Å². The van der Waals surface area contributed by atoms with E-state index in [9.17, 15) is 12.8 Å². The number of sulfone groups is 1. The lowest BCUT2D eigenvalue weighted by atomic mass is 10.0. The molecule has 25 heavy (non-hydrogen) atoms. The predicted molar refractivity (Wildman–Crippen MR) is 97.5 cm³/mol. The van der Waals surface area contributed by atoms with Gasteiger partial charge in [0.2, 0.25) is 9.84 Å². The fraction of sp³-hybridized carbons (Fsp3) is 0.368. The minimum atomic E-state index is -3.71. The fourth-order valence-electron chi connectivity index (χ4n) is 3.16. The van der Waals surface area contributed by atoms with Gasteiger partial charge in [0.15, 0.2) is 0 Å². The monoisotopic (exact) mass is 362 g/mol. The minimum Gasteiger partial charge on any atom is -0.377 e. The molecule has 1 aliphatic heterocycles. The van der Waals surface area contributed by atoms with Gasteiger partial charge >= 0.3 is 0 Å². The van der Waals surface area contributed by atoms with E-state index in [1.165, 1.54) is 29.8 Å². The molecule has 0 spiro atoms. The first kappa shape index (κ1) is 17.9. The van der Waals surface area contributed by atoms with Gasteiger partial charge in [0.1, 0.15) is 5.82 Å². The number of halogens is 1. The molecule has 0 radical (unpaired) electrons. The number of likely N-dealkylation sites (N-methyl/N-ethyl adjacent to an activating group) is 1. The minimum absolute atomic E-state index is 0.114. The molecule has 6 heteroatoms.